The average molecular weight is 285 g/mol. The van der Waals surface area contributed by atoms with Crippen molar-refractivity contribution in [3.8, 4) is 0 Å². The number of carbonyl (C=O) groups excluding carboxylic acids is 1. The molecule has 2 aliphatic rings. The van der Waals surface area contributed by atoms with Crippen LogP contribution < -0.4 is 5.32 Å². The molecule has 1 aromatic carbocycles. The van der Waals surface area contributed by atoms with Crippen molar-refractivity contribution in [3.63, 3.8) is 0 Å². The van der Waals surface area contributed by atoms with Gasteiger partial charge in [-0.2, -0.15) is 0 Å². The molecule has 2 N–H and O–H groups in total. The van der Waals surface area contributed by atoms with Crippen LogP contribution in [0.2, 0.25) is 0 Å². The van der Waals surface area contributed by atoms with E-state index < -0.39 is 17.8 Å². The van der Waals surface area contributed by atoms with Crippen LogP contribution in [0.1, 0.15) is 17.5 Å². The maximum absolute atomic E-state index is 12.6. The Bertz CT molecular complexity index is 635. The molecule has 1 fully saturated rings. The van der Waals surface area contributed by atoms with Crippen LogP contribution in [0.5, 0.6) is 0 Å². The van der Waals surface area contributed by atoms with E-state index in [1.807, 2.05) is 44.2 Å². The van der Waals surface area contributed by atoms with Gasteiger partial charge in [0.2, 0.25) is 5.91 Å². The molecule has 2 bridgehead atoms. The zero-order valence-electron chi connectivity index (χ0n) is 12.2. The Morgan fingerprint density at radius 2 is 1.81 bits per heavy atom. The van der Waals surface area contributed by atoms with Gasteiger partial charge in [0.1, 0.15) is 0 Å². The van der Waals surface area contributed by atoms with E-state index in [1.165, 1.54) is 0 Å². The van der Waals surface area contributed by atoms with Gasteiger partial charge in [-0.15, -0.1) is 0 Å². The van der Waals surface area contributed by atoms with Crippen molar-refractivity contribution in [1.82, 2.24) is 0 Å². The van der Waals surface area contributed by atoms with Crippen molar-refractivity contribution in [1.29, 1.82) is 0 Å². The van der Waals surface area contributed by atoms with E-state index in [4.69, 9.17) is 0 Å². The van der Waals surface area contributed by atoms with E-state index in [9.17, 15) is 14.7 Å². The minimum atomic E-state index is -0.868. The largest absolute Gasteiger partial charge is 0.481 e. The fourth-order valence-electron chi connectivity index (χ4n) is 3.62. The zero-order valence-corrected chi connectivity index (χ0v) is 12.2. The van der Waals surface area contributed by atoms with E-state index in [0.29, 0.717) is 0 Å². The number of allylic oxidation sites excluding steroid dienone is 2. The molecule has 1 saturated carbocycles. The fourth-order valence-corrected chi connectivity index (χ4v) is 3.62. The number of amides is 1. The van der Waals surface area contributed by atoms with Crippen LogP contribution >= 0.6 is 0 Å². The zero-order chi connectivity index (χ0) is 15.1. The number of carboxylic acids is 1. The maximum Gasteiger partial charge on any atom is 0.307 e. The van der Waals surface area contributed by atoms with E-state index in [2.05, 4.69) is 5.32 Å². The van der Waals surface area contributed by atoms with Crippen LogP contribution in [0.3, 0.4) is 0 Å². The molecule has 2 aliphatic carbocycles. The molecule has 110 valence electrons. The number of carbonyl (C=O) groups is 2. The van der Waals surface area contributed by atoms with Gasteiger partial charge in [0.15, 0.2) is 0 Å². The standard InChI is InChI=1S/C17H19NO3/c1-9-4-3-5-13(10(9)2)18-16(19)14-11-6-7-12(8-11)15(14)17(20)21/h3-7,11-12,14-15H,8H2,1-2H3,(H,18,19)(H,20,21)/t11-,12-,14-,15+/m0/s1. The lowest BCUT2D eigenvalue weighted by molar-refractivity contribution is -0.146. The second-order valence-corrected chi connectivity index (χ2v) is 6.07. The number of anilines is 1. The highest BCUT2D eigenvalue weighted by Gasteiger charge is 2.51. The normalized spacial score (nSPS) is 29.6. The molecule has 4 atom stereocenters. The SMILES string of the molecule is Cc1cccc(NC(=O)[C@@H]2[C@H](C(=O)O)[C@H]3C=C[C@H]2C3)c1C. The number of aryl methyl sites for hydroxylation is 1. The summed E-state index contributed by atoms with van der Waals surface area (Å²) >= 11 is 0. The first-order valence-electron chi connectivity index (χ1n) is 7.27. The van der Waals surface area contributed by atoms with Gasteiger partial charge >= 0.3 is 5.97 Å². The first-order chi connectivity index (χ1) is 9.99. The molecule has 0 aromatic heterocycles. The van der Waals surface area contributed by atoms with Crippen molar-refractivity contribution < 1.29 is 14.7 Å². The number of nitrogens with one attached hydrogen (secondary N) is 1. The fraction of sp³-hybridized carbons (Fsp3) is 0.412. The van der Waals surface area contributed by atoms with Crippen molar-refractivity contribution in [2.75, 3.05) is 5.32 Å². The molecule has 4 nitrogen and oxygen atoms in total. The molecular formula is C17H19NO3. The average Bonchev–Trinajstić information content (AvgIpc) is 3.04. The first kappa shape index (κ1) is 13.9. The number of benzene rings is 1. The Morgan fingerprint density at radius 1 is 1.14 bits per heavy atom. The van der Waals surface area contributed by atoms with E-state index in [-0.39, 0.29) is 17.7 Å². The third-order valence-corrected chi connectivity index (χ3v) is 4.91. The van der Waals surface area contributed by atoms with Gasteiger partial charge < -0.3 is 10.4 Å². The van der Waals surface area contributed by atoms with E-state index in [0.717, 1.165) is 23.2 Å². The quantitative estimate of drug-likeness (QED) is 0.839. The van der Waals surface area contributed by atoms with E-state index in [1.54, 1.807) is 0 Å². The van der Waals surface area contributed by atoms with Gasteiger partial charge in [0.25, 0.3) is 0 Å². The molecule has 0 radical (unpaired) electrons. The third-order valence-electron chi connectivity index (χ3n) is 4.91. The Morgan fingerprint density at radius 3 is 2.48 bits per heavy atom. The smallest absolute Gasteiger partial charge is 0.307 e. The molecule has 3 rings (SSSR count). The Balaban J connectivity index is 1.84. The number of rotatable bonds is 3. The Kier molecular flexibility index (Phi) is 3.32. The summed E-state index contributed by atoms with van der Waals surface area (Å²) in [7, 11) is 0. The Labute approximate surface area is 123 Å². The molecule has 0 saturated heterocycles. The van der Waals surface area contributed by atoms with Crippen molar-refractivity contribution in [2.24, 2.45) is 23.7 Å². The molecule has 0 unspecified atom stereocenters. The van der Waals surface area contributed by atoms with Crippen molar-refractivity contribution in [2.45, 2.75) is 20.3 Å². The van der Waals surface area contributed by atoms with Crippen LogP contribution in [0.25, 0.3) is 0 Å². The molecule has 4 heteroatoms. The number of carboxylic acid groups (broad SMARTS) is 1. The van der Waals surface area contributed by atoms with Crippen LogP contribution in [0, 0.1) is 37.5 Å². The summed E-state index contributed by atoms with van der Waals surface area (Å²) in [6, 6.07) is 5.75. The minimum Gasteiger partial charge on any atom is -0.481 e. The summed E-state index contributed by atoms with van der Waals surface area (Å²) in [5, 5.41) is 12.3. The summed E-state index contributed by atoms with van der Waals surface area (Å²) in [5.74, 6) is -2.04. The third kappa shape index (κ3) is 2.24. The molecular weight excluding hydrogens is 266 g/mol. The Hall–Kier alpha value is -2.10. The van der Waals surface area contributed by atoms with Crippen molar-refractivity contribution >= 4 is 17.6 Å². The first-order valence-corrected chi connectivity index (χ1v) is 7.27. The summed E-state index contributed by atoms with van der Waals surface area (Å²) in [5.41, 5.74) is 2.91. The monoisotopic (exact) mass is 285 g/mol. The number of aliphatic carboxylic acids is 1. The highest BCUT2D eigenvalue weighted by Crippen LogP contribution is 2.48. The summed E-state index contributed by atoms with van der Waals surface area (Å²) in [6.07, 6.45) is 4.73. The highest BCUT2D eigenvalue weighted by molar-refractivity contribution is 5.97. The maximum atomic E-state index is 12.6. The van der Waals surface area contributed by atoms with Gasteiger partial charge in [0, 0.05) is 5.69 Å². The van der Waals surface area contributed by atoms with Gasteiger partial charge in [0.05, 0.1) is 11.8 Å². The van der Waals surface area contributed by atoms with Crippen LogP contribution in [0.4, 0.5) is 5.69 Å². The molecule has 0 spiro atoms. The second kappa shape index (κ2) is 5.02. The molecule has 1 aromatic rings. The lowest BCUT2D eigenvalue weighted by Crippen LogP contribution is -2.36. The van der Waals surface area contributed by atoms with Crippen LogP contribution in [0.15, 0.2) is 30.4 Å². The van der Waals surface area contributed by atoms with Crippen molar-refractivity contribution in [3.05, 3.63) is 41.5 Å². The summed E-state index contributed by atoms with van der Waals surface area (Å²) < 4.78 is 0. The summed E-state index contributed by atoms with van der Waals surface area (Å²) in [4.78, 5) is 24.0. The van der Waals surface area contributed by atoms with Gasteiger partial charge in [-0.3, -0.25) is 9.59 Å². The lowest BCUT2D eigenvalue weighted by atomic mass is 9.82. The molecule has 1 amide bonds. The number of fused-ring (bicyclic) bond motifs is 2. The summed E-state index contributed by atoms with van der Waals surface area (Å²) in [6.45, 7) is 3.95. The van der Waals surface area contributed by atoms with Crippen LogP contribution in [-0.2, 0) is 9.59 Å². The predicted molar refractivity (Wildman–Crippen MR) is 79.9 cm³/mol. The molecule has 0 aliphatic heterocycles. The topological polar surface area (TPSA) is 66.4 Å². The number of hydrogen-bond donors (Lipinski definition) is 2. The molecule has 21 heavy (non-hydrogen) atoms. The van der Waals surface area contributed by atoms with Gasteiger partial charge in [-0.05, 0) is 49.3 Å². The number of hydrogen-bond acceptors (Lipinski definition) is 2. The predicted octanol–water partition coefficient (Wildman–Crippen LogP) is 2.76. The minimum absolute atomic E-state index is 0.00172. The highest BCUT2D eigenvalue weighted by atomic mass is 16.4. The second-order valence-electron chi connectivity index (χ2n) is 6.07. The lowest BCUT2D eigenvalue weighted by Gasteiger charge is -2.24. The van der Waals surface area contributed by atoms with Crippen LogP contribution in [-0.4, -0.2) is 17.0 Å². The van der Waals surface area contributed by atoms with E-state index >= 15 is 0 Å². The molecule has 0 heterocycles. The van der Waals surface area contributed by atoms with Gasteiger partial charge in [-0.1, -0.05) is 24.3 Å². The van der Waals surface area contributed by atoms with Gasteiger partial charge in [-0.25, -0.2) is 0 Å².